The smallest absolute Gasteiger partial charge is 0.157 e. The fraction of sp³-hybridized carbons (Fsp3) is 0.0455. The number of para-hydroxylation sites is 1. The minimum atomic E-state index is -0.0964. The van der Waals surface area contributed by atoms with Crippen molar-refractivity contribution in [1.29, 1.82) is 10.8 Å². The summed E-state index contributed by atoms with van der Waals surface area (Å²) < 4.78 is 5.68. The number of hydrogen-bond donors (Lipinski definition) is 3. The van der Waals surface area contributed by atoms with Crippen LogP contribution in [0.3, 0.4) is 0 Å². The predicted molar refractivity (Wildman–Crippen MR) is 127 cm³/mol. The Morgan fingerprint density at radius 2 is 1.77 bits per heavy atom. The highest BCUT2D eigenvalue weighted by atomic mass is 32.2. The first-order valence-electron chi connectivity index (χ1n) is 9.07. The van der Waals surface area contributed by atoms with Crippen molar-refractivity contribution in [3.63, 3.8) is 0 Å². The lowest BCUT2D eigenvalue weighted by atomic mass is 10.1. The molecule has 4 aromatic rings. The summed E-state index contributed by atoms with van der Waals surface area (Å²) >= 11 is 2.08. The first kappa shape index (κ1) is 22.3. The third-order valence-electron chi connectivity index (χ3n) is 4.04. The van der Waals surface area contributed by atoms with Gasteiger partial charge in [0, 0.05) is 10.9 Å². The van der Waals surface area contributed by atoms with Gasteiger partial charge in [-0.2, -0.15) is 0 Å². The molecule has 2 heterocycles. The maximum Gasteiger partial charge on any atom is 0.157 e. The van der Waals surface area contributed by atoms with Gasteiger partial charge in [-0.1, -0.05) is 48.5 Å². The molecule has 0 amide bonds. The molecule has 0 fully saturated rings. The molecular weight excluding hydrogens is 430 g/mol. The van der Waals surface area contributed by atoms with Gasteiger partial charge in [0.05, 0.1) is 11.1 Å². The third kappa shape index (κ3) is 6.03. The van der Waals surface area contributed by atoms with Crippen LogP contribution in [0.2, 0.25) is 0 Å². The molecule has 0 aliphatic carbocycles. The average Bonchev–Trinajstić information content (AvgIpc) is 3.15. The van der Waals surface area contributed by atoms with Crippen LogP contribution in [0.1, 0.15) is 16.1 Å². The summed E-state index contributed by atoms with van der Waals surface area (Å²) in [6.07, 6.45) is 2.28. The minimum absolute atomic E-state index is 0.0964. The number of thioether (sulfide) groups is 2. The first-order valence-corrected chi connectivity index (χ1v) is 10.7. The molecule has 9 heteroatoms. The topological polar surface area (TPSA) is 130 Å². The number of hydrogen-bond acceptors (Lipinski definition) is 8. The van der Waals surface area contributed by atoms with E-state index in [1.807, 2.05) is 54.6 Å². The average molecular weight is 450 g/mol. The van der Waals surface area contributed by atoms with Crippen LogP contribution in [0.25, 0.3) is 22.2 Å². The highest BCUT2D eigenvalue weighted by Gasteiger charge is 2.09. The normalized spacial score (nSPS) is 10.2. The zero-order valence-electron chi connectivity index (χ0n) is 16.5. The first-order chi connectivity index (χ1) is 15.0. The standard InChI is InChI=1S/C12H10O2.C10H9N5S2/c1-9-11(8-13)7-12(14-9)10-5-3-2-4-6-10;11-9(12)17-10(13)16-8-6-3-1-2-4-7(6)14-5-15-8/h2-8H,1H3;1-5,13H,(H3,11,12). The summed E-state index contributed by atoms with van der Waals surface area (Å²) in [5, 5.41) is 16.3. The zero-order chi connectivity index (χ0) is 22.2. The van der Waals surface area contributed by atoms with Gasteiger partial charge < -0.3 is 10.2 Å². The van der Waals surface area contributed by atoms with Crippen LogP contribution in [-0.2, 0) is 0 Å². The van der Waals surface area contributed by atoms with Crippen molar-refractivity contribution in [2.75, 3.05) is 0 Å². The molecule has 31 heavy (non-hydrogen) atoms. The lowest BCUT2D eigenvalue weighted by Crippen LogP contribution is -2.06. The summed E-state index contributed by atoms with van der Waals surface area (Å²) in [5.74, 6) is 1.41. The number of benzene rings is 2. The SMILES string of the molecule is Cc1oc(-c2ccccc2)cc1C=O.N=C(N)SC(=N)Sc1ncnc2ccccc12. The Hall–Kier alpha value is -3.43. The predicted octanol–water partition coefficient (Wildman–Crippen LogP) is 5.35. The van der Waals surface area contributed by atoms with Crippen molar-refractivity contribution in [3.05, 3.63) is 78.3 Å². The Balaban J connectivity index is 0.000000179. The number of carbonyl (C=O) groups is 1. The number of nitrogens with zero attached hydrogens (tertiary/aromatic N) is 2. The second kappa shape index (κ2) is 10.6. The molecule has 0 saturated heterocycles. The molecule has 0 saturated carbocycles. The van der Waals surface area contributed by atoms with Crippen LogP contribution >= 0.6 is 23.5 Å². The molecule has 0 bridgehead atoms. The van der Waals surface area contributed by atoms with Crippen molar-refractivity contribution >= 4 is 50.3 Å². The number of carbonyl (C=O) groups excluding carboxylic acids is 1. The Bertz CT molecular complexity index is 1220. The maximum absolute atomic E-state index is 10.6. The molecule has 0 spiro atoms. The molecule has 156 valence electrons. The Morgan fingerprint density at radius 1 is 1.06 bits per heavy atom. The van der Waals surface area contributed by atoms with Crippen molar-refractivity contribution < 1.29 is 9.21 Å². The number of aldehydes is 1. The Kier molecular flexibility index (Phi) is 7.58. The van der Waals surface area contributed by atoms with Crippen LogP contribution in [0.4, 0.5) is 0 Å². The number of furan rings is 1. The highest BCUT2D eigenvalue weighted by Crippen LogP contribution is 2.28. The second-order valence-electron chi connectivity index (χ2n) is 6.16. The van der Waals surface area contributed by atoms with Gasteiger partial charge in [-0.15, -0.1) is 0 Å². The van der Waals surface area contributed by atoms with E-state index in [1.54, 1.807) is 13.0 Å². The number of aromatic nitrogens is 2. The monoisotopic (exact) mass is 449 g/mol. The summed E-state index contributed by atoms with van der Waals surface area (Å²) in [5.41, 5.74) is 7.66. The fourth-order valence-corrected chi connectivity index (χ4v) is 4.06. The number of nitrogens with one attached hydrogen (secondary N) is 2. The van der Waals surface area contributed by atoms with Gasteiger partial charge in [-0.25, -0.2) is 9.97 Å². The molecule has 2 aromatic heterocycles. The summed E-state index contributed by atoms with van der Waals surface area (Å²) in [4.78, 5) is 18.9. The second-order valence-corrected chi connectivity index (χ2v) is 8.47. The molecule has 4 rings (SSSR count). The summed E-state index contributed by atoms with van der Waals surface area (Å²) in [6.45, 7) is 1.79. The molecule has 4 N–H and O–H groups in total. The van der Waals surface area contributed by atoms with E-state index in [1.165, 1.54) is 18.1 Å². The quantitative estimate of drug-likeness (QED) is 0.126. The van der Waals surface area contributed by atoms with Crippen molar-refractivity contribution in [2.45, 2.75) is 11.9 Å². The number of rotatable bonds is 3. The fourth-order valence-electron chi connectivity index (χ4n) is 2.63. The van der Waals surface area contributed by atoms with Gasteiger partial charge in [0.25, 0.3) is 0 Å². The van der Waals surface area contributed by atoms with Crippen LogP contribution in [0, 0.1) is 17.7 Å². The van der Waals surface area contributed by atoms with Crippen molar-refractivity contribution in [2.24, 2.45) is 5.73 Å². The van der Waals surface area contributed by atoms with Gasteiger partial charge >= 0.3 is 0 Å². The molecule has 0 aliphatic heterocycles. The number of nitrogens with two attached hydrogens (primary N) is 1. The molecule has 0 atom stereocenters. The third-order valence-corrected chi connectivity index (χ3v) is 5.65. The molecule has 0 aliphatic rings. The zero-order valence-corrected chi connectivity index (χ0v) is 18.2. The van der Waals surface area contributed by atoms with Gasteiger partial charge in [0.2, 0.25) is 0 Å². The lowest BCUT2D eigenvalue weighted by molar-refractivity contribution is 0.112. The van der Waals surface area contributed by atoms with E-state index in [9.17, 15) is 4.79 Å². The summed E-state index contributed by atoms with van der Waals surface area (Å²) in [6, 6.07) is 19.1. The van der Waals surface area contributed by atoms with Crippen molar-refractivity contribution in [1.82, 2.24) is 9.97 Å². The van der Waals surface area contributed by atoms with Gasteiger partial charge in [0.1, 0.15) is 27.2 Å². The number of fused-ring (bicyclic) bond motifs is 1. The molecule has 0 unspecified atom stereocenters. The lowest BCUT2D eigenvalue weighted by Gasteiger charge is -2.04. The number of aryl methyl sites for hydroxylation is 1. The van der Waals surface area contributed by atoms with E-state index in [-0.39, 0.29) is 9.54 Å². The van der Waals surface area contributed by atoms with Crippen LogP contribution in [0.5, 0.6) is 0 Å². The molecule has 0 radical (unpaired) electrons. The van der Waals surface area contributed by atoms with Gasteiger partial charge in [-0.05, 0) is 42.6 Å². The van der Waals surface area contributed by atoms with Crippen LogP contribution in [-0.4, -0.2) is 25.8 Å². The minimum Gasteiger partial charge on any atom is -0.461 e. The van der Waals surface area contributed by atoms with Crippen LogP contribution in [0.15, 0.2) is 76.4 Å². The number of amidine groups is 1. The Labute approximate surface area is 187 Å². The molecule has 7 nitrogen and oxygen atoms in total. The maximum atomic E-state index is 10.6. The molecule has 2 aromatic carbocycles. The Morgan fingerprint density at radius 3 is 2.45 bits per heavy atom. The van der Waals surface area contributed by atoms with Crippen LogP contribution < -0.4 is 5.73 Å². The van der Waals surface area contributed by atoms with E-state index >= 15 is 0 Å². The van der Waals surface area contributed by atoms with E-state index in [0.29, 0.717) is 16.3 Å². The van der Waals surface area contributed by atoms with Crippen molar-refractivity contribution in [3.8, 4) is 11.3 Å². The van der Waals surface area contributed by atoms with Gasteiger partial charge in [0.15, 0.2) is 11.5 Å². The van der Waals surface area contributed by atoms with E-state index in [2.05, 4.69) is 9.97 Å². The van der Waals surface area contributed by atoms with Gasteiger partial charge in [-0.3, -0.25) is 15.6 Å². The highest BCUT2D eigenvalue weighted by molar-refractivity contribution is 8.44. The van der Waals surface area contributed by atoms with E-state index in [0.717, 1.165) is 40.3 Å². The van der Waals surface area contributed by atoms with E-state index in [4.69, 9.17) is 21.0 Å². The summed E-state index contributed by atoms with van der Waals surface area (Å²) in [7, 11) is 0. The molecular formula is C22H19N5O2S2. The largest absolute Gasteiger partial charge is 0.461 e. The van der Waals surface area contributed by atoms with E-state index < -0.39 is 0 Å².